The maximum atomic E-state index is 14.0. The molecule has 158 valence electrons. The van der Waals surface area contributed by atoms with Crippen molar-refractivity contribution in [3.05, 3.63) is 63.1 Å². The molecule has 0 radical (unpaired) electrons. The molecule has 1 saturated heterocycles. The van der Waals surface area contributed by atoms with E-state index in [0.717, 1.165) is 38.0 Å². The Morgan fingerprint density at radius 3 is 2.87 bits per heavy atom. The van der Waals surface area contributed by atoms with Crippen LogP contribution in [0.2, 0.25) is 0 Å². The van der Waals surface area contributed by atoms with Crippen molar-refractivity contribution < 1.29 is 9.18 Å². The molecular formula is C23H27FN4O2. The van der Waals surface area contributed by atoms with Crippen LogP contribution in [-0.2, 0) is 24.3 Å². The summed E-state index contributed by atoms with van der Waals surface area (Å²) in [6, 6.07) is 6.63. The van der Waals surface area contributed by atoms with Crippen LogP contribution in [0.15, 0.2) is 29.1 Å². The molecule has 30 heavy (non-hydrogen) atoms. The van der Waals surface area contributed by atoms with Crippen molar-refractivity contribution in [2.45, 2.75) is 51.7 Å². The van der Waals surface area contributed by atoms with Gasteiger partial charge in [0.05, 0.1) is 17.3 Å². The maximum Gasteiger partial charge on any atom is 0.255 e. The summed E-state index contributed by atoms with van der Waals surface area (Å²) < 4.78 is 14.0. The van der Waals surface area contributed by atoms with E-state index in [1.807, 2.05) is 11.0 Å². The zero-order valence-corrected chi connectivity index (χ0v) is 17.2. The van der Waals surface area contributed by atoms with Gasteiger partial charge in [0.25, 0.3) is 5.56 Å². The molecular weight excluding hydrogens is 383 g/mol. The van der Waals surface area contributed by atoms with Gasteiger partial charge in [0, 0.05) is 44.1 Å². The first-order chi connectivity index (χ1) is 14.5. The number of hydrogen-bond acceptors (Lipinski definition) is 4. The topological polar surface area (TPSA) is 69.3 Å². The molecule has 1 aromatic carbocycles. The van der Waals surface area contributed by atoms with Crippen LogP contribution in [0, 0.1) is 17.7 Å². The van der Waals surface area contributed by atoms with E-state index in [4.69, 9.17) is 4.98 Å². The molecule has 7 heteroatoms. The highest BCUT2D eigenvalue weighted by Gasteiger charge is 2.45. The van der Waals surface area contributed by atoms with Crippen molar-refractivity contribution in [1.82, 2.24) is 19.8 Å². The molecule has 3 unspecified atom stereocenters. The second-order valence-corrected chi connectivity index (χ2v) is 8.94. The van der Waals surface area contributed by atoms with Crippen LogP contribution in [-0.4, -0.2) is 38.8 Å². The van der Waals surface area contributed by atoms with Gasteiger partial charge >= 0.3 is 0 Å². The minimum absolute atomic E-state index is 0.125. The summed E-state index contributed by atoms with van der Waals surface area (Å²) in [7, 11) is 0. The number of hydrogen-bond donors (Lipinski definition) is 1. The Balaban J connectivity index is 1.35. The smallest absolute Gasteiger partial charge is 0.255 e. The van der Waals surface area contributed by atoms with E-state index in [1.165, 1.54) is 6.07 Å². The van der Waals surface area contributed by atoms with Gasteiger partial charge in [-0.1, -0.05) is 25.1 Å². The number of likely N-dealkylation sites (tertiary alicyclic amines) is 1. The lowest BCUT2D eigenvalue weighted by Gasteiger charge is -2.29. The van der Waals surface area contributed by atoms with Crippen LogP contribution >= 0.6 is 0 Å². The molecule has 1 aromatic heterocycles. The summed E-state index contributed by atoms with van der Waals surface area (Å²) >= 11 is 0. The van der Waals surface area contributed by atoms with E-state index in [0.29, 0.717) is 42.4 Å². The molecule has 0 spiro atoms. The number of carbonyl (C=O) groups is 1. The first kappa shape index (κ1) is 19.4. The number of aromatic amines is 1. The van der Waals surface area contributed by atoms with E-state index in [1.54, 1.807) is 12.1 Å². The fourth-order valence-electron chi connectivity index (χ4n) is 4.85. The zero-order valence-electron chi connectivity index (χ0n) is 17.2. The fourth-order valence-corrected chi connectivity index (χ4v) is 4.85. The standard InChI is InChI=1S/C23H27FN4O2/c1-14-11-16(14)23(30)28-9-4-7-20(28)21-25-19-8-10-27(13-17(19)22(29)26-21)12-15-5-2-3-6-18(15)24/h2-3,5-6,14,16,20H,4,7-13H2,1H3,(H,25,26,29). The van der Waals surface area contributed by atoms with Crippen molar-refractivity contribution in [2.24, 2.45) is 11.8 Å². The van der Waals surface area contributed by atoms with E-state index in [2.05, 4.69) is 16.8 Å². The quantitative estimate of drug-likeness (QED) is 0.842. The van der Waals surface area contributed by atoms with Crippen LogP contribution in [0.5, 0.6) is 0 Å². The molecule has 1 saturated carbocycles. The number of H-pyrrole nitrogens is 1. The lowest BCUT2D eigenvalue weighted by Crippen LogP contribution is -2.38. The molecule has 3 heterocycles. The molecule has 6 nitrogen and oxygen atoms in total. The Kier molecular flexibility index (Phi) is 4.93. The molecule has 2 aliphatic heterocycles. The van der Waals surface area contributed by atoms with Gasteiger partial charge in [-0.15, -0.1) is 0 Å². The van der Waals surface area contributed by atoms with Crippen LogP contribution < -0.4 is 5.56 Å². The van der Waals surface area contributed by atoms with Crippen molar-refractivity contribution in [3.8, 4) is 0 Å². The molecule has 3 atom stereocenters. The highest BCUT2D eigenvalue weighted by molar-refractivity contribution is 5.82. The highest BCUT2D eigenvalue weighted by atomic mass is 19.1. The second-order valence-electron chi connectivity index (χ2n) is 8.94. The number of carbonyl (C=O) groups excluding carboxylic acids is 1. The monoisotopic (exact) mass is 410 g/mol. The number of benzene rings is 1. The third-order valence-corrected chi connectivity index (χ3v) is 6.80. The fraction of sp³-hybridized carbons (Fsp3) is 0.522. The molecule has 2 fully saturated rings. The average Bonchev–Trinajstić information content (AvgIpc) is 3.26. The predicted octanol–water partition coefficient (Wildman–Crippen LogP) is 2.79. The predicted molar refractivity (Wildman–Crippen MR) is 110 cm³/mol. The third kappa shape index (κ3) is 3.55. The van der Waals surface area contributed by atoms with Crippen LogP contribution in [0.3, 0.4) is 0 Å². The summed E-state index contributed by atoms with van der Waals surface area (Å²) in [5, 5.41) is 0. The largest absolute Gasteiger partial charge is 0.332 e. The maximum absolute atomic E-state index is 14.0. The van der Waals surface area contributed by atoms with Crippen molar-refractivity contribution in [2.75, 3.05) is 13.1 Å². The van der Waals surface area contributed by atoms with Gasteiger partial charge in [-0.3, -0.25) is 14.5 Å². The lowest BCUT2D eigenvalue weighted by atomic mass is 10.0. The number of amides is 1. The van der Waals surface area contributed by atoms with Gasteiger partial charge in [0.15, 0.2) is 0 Å². The van der Waals surface area contributed by atoms with E-state index >= 15 is 0 Å². The molecule has 0 bridgehead atoms. The summed E-state index contributed by atoms with van der Waals surface area (Å²) in [5.41, 5.74) is 1.98. The SMILES string of the molecule is CC1CC1C(=O)N1CCCC1c1nc2c(c(=O)[nH]1)CN(Cc1ccccc1F)CC2. The van der Waals surface area contributed by atoms with Crippen molar-refractivity contribution in [1.29, 1.82) is 0 Å². The molecule has 3 aliphatic rings. The Labute approximate surface area is 175 Å². The van der Waals surface area contributed by atoms with Gasteiger partial charge < -0.3 is 9.88 Å². The Hall–Kier alpha value is -2.54. The van der Waals surface area contributed by atoms with Crippen molar-refractivity contribution in [3.63, 3.8) is 0 Å². The Morgan fingerprint density at radius 1 is 1.30 bits per heavy atom. The van der Waals surface area contributed by atoms with Crippen LogP contribution in [0.25, 0.3) is 0 Å². The molecule has 1 amide bonds. The van der Waals surface area contributed by atoms with Gasteiger partial charge in [-0.25, -0.2) is 9.37 Å². The molecule has 1 aliphatic carbocycles. The molecule has 1 N–H and O–H groups in total. The first-order valence-corrected chi connectivity index (χ1v) is 10.9. The summed E-state index contributed by atoms with van der Waals surface area (Å²) in [6.45, 7) is 4.50. The normalized spacial score (nSPS) is 25.9. The number of rotatable bonds is 4. The number of fused-ring (bicyclic) bond motifs is 1. The zero-order chi connectivity index (χ0) is 20.8. The second kappa shape index (κ2) is 7.61. The number of aromatic nitrogens is 2. The van der Waals surface area contributed by atoms with Gasteiger partial charge in [-0.2, -0.15) is 0 Å². The van der Waals surface area contributed by atoms with Crippen LogP contribution in [0.1, 0.15) is 54.9 Å². The highest BCUT2D eigenvalue weighted by Crippen LogP contribution is 2.42. The van der Waals surface area contributed by atoms with E-state index in [9.17, 15) is 14.0 Å². The van der Waals surface area contributed by atoms with Gasteiger partial charge in [-0.05, 0) is 31.2 Å². The van der Waals surface area contributed by atoms with Gasteiger partial charge in [0.1, 0.15) is 11.6 Å². The molecule has 2 aromatic rings. The van der Waals surface area contributed by atoms with Crippen molar-refractivity contribution >= 4 is 5.91 Å². The minimum Gasteiger partial charge on any atom is -0.332 e. The summed E-state index contributed by atoms with van der Waals surface area (Å²) in [4.78, 5) is 37.4. The first-order valence-electron chi connectivity index (χ1n) is 10.9. The van der Waals surface area contributed by atoms with E-state index in [-0.39, 0.29) is 29.2 Å². The minimum atomic E-state index is -0.221. The van der Waals surface area contributed by atoms with E-state index < -0.39 is 0 Å². The summed E-state index contributed by atoms with van der Waals surface area (Å²) in [6.07, 6.45) is 3.40. The van der Waals surface area contributed by atoms with Gasteiger partial charge in [0.2, 0.25) is 5.91 Å². The number of nitrogens with one attached hydrogen (secondary N) is 1. The number of nitrogens with zero attached hydrogens (tertiary/aromatic N) is 3. The summed E-state index contributed by atoms with van der Waals surface area (Å²) in [5.74, 6) is 1.22. The Bertz CT molecular complexity index is 1040. The number of halogens is 1. The lowest BCUT2D eigenvalue weighted by molar-refractivity contribution is -0.134. The average molecular weight is 410 g/mol. The molecule has 5 rings (SSSR count). The Morgan fingerprint density at radius 2 is 2.10 bits per heavy atom. The van der Waals surface area contributed by atoms with Crippen LogP contribution in [0.4, 0.5) is 4.39 Å². The third-order valence-electron chi connectivity index (χ3n) is 6.80.